The van der Waals surface area contributed by atoms with Crippen molar-refractivity contribution in [3.63, 3.8) is 0 Å². The predicted octanol–water partition coefficient (Wildman–Crippen LogP) is 3.94. The third-order valence-corrected chi connectivity index (χ3v) is 4.08. The summed E-state index contributed by atoms with van der Waals surface area (Å²) in [5.74, 6) is -2.39. The summed E-state index contributed by atoms with van der Waals surface area (Å²) in [6.45, 7) is -0.725. The molecule has 0 saturated heterocycles. The number of amides is 2. The van der Waals surface area contributed by atoms with E-state index in [9.17, 15) is 27.2 Å². The summed E-state index contributed by atoms with van der Waals surface area (Å²) in [6.07, 6.45) is -5.28. The van der Waals surface area contributed by atoms with Gasteiger partial charge in [-0.25, -0.2) is 9.18 Å². The largest absolute Gasteiger partial charge is 0.448 e. The summed E-state index contributed by atoms with van der Waals surface area (Å²) in [5.41, 5.74) is -0.769. The second-order valence-corrected chi connectivity index (χ2v) is 6.46. The molecule has 9 heteroatoms. The molecule has 2 rings (SSSR count). The Labute approximate surface area is 165 Å². The number of benzene rings is 2. The lowest BCUT2D eigenvalue weighted by atomic mass is 9.99. The zero-order chi connectivity index (χ0) is 21.6. The number of nitrogens with one attached hydrogen (secondary N) is 1. The summed E-state index contributed by atoms with van der Waals surface area (Å²) >= 11 is 0. The normalized spacial score (nSPS) is 12.2. The molecule has 156 valence electrons. The first-order valence-corrected chi connectivity index (χ1v) is 8.62. The van der Waals surface area contributed by atoms with Crippen molar-refractivity contribution in [3.8, 4) is 0 Å². The molecule has 2 amide bonds. The topological polar surface area (TPSA) is 58.6 Å². The summed E-state index contributed by atoms with van der Waals surface area (Å²) in [5, 5.41) is 2.42. The second-order valence-electron chi connectivity index (χ2n) is 6.46. The van der Waals surface area contributed by atoms with E-state index < -0.39 is 42.0 Å². The molecule has 0 unspecified atom stereocenters. The Morgan fingerprint density at radius 3 is 2.34 bits per heavy atom. The van der Waals surface area contributed by atoms with Gasteiger partial charge in [0.1, 0.15) is 12.4 Å². The van der Waals surface area contributed by atoms with Gasteiger partial charge in [-0.3, -0.25) is 4.79 Å². The number of hydrogen-bond donors (Lipinski definition) is 1. The van der Waals surface area contributed by atoms with E-state index in [4.69, 9.17) is 4.74 Å². The van der Waals surface area contributed by atoms with Crippen LogP contribution in [0.2, 0.25) is 0 Å². The zero-order valence-corrected chi connectivity index (χ0v) is 15.8. The van der Waals surface area contributed by atoms with Crippen molar-refractivity contribution in [1.29, 1.82) is 0 Å². The second kappa shape index (κ2) is 9.40. The highest BCUT2D eigenvalue weighted by Gasteiger charge is 2.31. The van der Waals surface area contributed by atoms with E-state index in [1.165, 1.54) is 19.0 Å². The van der Waals surface area contributed by atoms with Gasteiger partial charge in [-0.2, -0.15) is 13.2 Å². The van der Waals surface area contributed by atoms with Gasteiger partial charge in [0.15, 0.2) is 0 Å². The van der Waals surface area contributed by atoms with Gasteiger partial charge in [-0.1, -0.05) is 30.3 Å². The molecular formula is C20H20F4N2O3. The smallest absolute Gasteiger partial charge is 0.416 e. The molecule has 0 aliphatic heterocycles. The van der Waals surface area contributed by atoms with Gasteiger partial charge >= 0.3 is 12.3 Å². The maximum Gasteiger partial charge on any atom is 0.416 e. The SMILES string of the molecule is CN(C)C(=O)OC[C@H](C(=O)NCc1cc(C(F)(F)F)ccc1F)c1ccccc1. The van der Waals surface area contributed by atoms with Crippen LogP contribution in [-0.2, 0) is 22.3 Å². The van der Waals surface area contributed by atoms with Gasteiger partial charge in [-0.15, -0.1) is 0 Å². The Bertz CT molecular complexity index is 855. The average molecular weight is 412 g/mol. The number of hydrogen-bond acceptors (Lipinski definition) is 3. The third-order valence-electron chi connectivity index (χ3n) is 4.08. The average Bonchev–Trinajstić information content (AvgIpc) is 2.67. The van der Waals surface area contributed by atoms with Crippen LogP contribution in [0.3, 0.4) is 0 Å². The highest BCUT2D eigenvalue weighted by Crippen LogP contribution is 2.30. The minimum absolute atomic E-state index is 0.280. The van der Waals surface area contributed by atoms with Crippen molar-refractivity contribution < 1.29 is 31.9 Å². The molecule has 0 fully saturated rings. The molecule has 1 N–H and O–H groups in total. The van der Waals surface area contributed by atoms with Gasteiger partial charge in [-0.05, 0) is 23.8 Å². The number of carbonyl (C=O) groups excluding carboxylic acids is 2. The fraction of sp³-hybridized carbons (Fsp3) is 0.300. The van der Waals surface area contributed by atoms with Gasteiger partial charge < -0.3 is 15.0 Å². The number of nitrogens with zero attached hydrogens (tertiary/aromatic N) is 1. The molecule has 0 aromatic heterocycles. The maximum absolute atomic E-state index is 13.9. The summed E-state index contributed by atoms with van der Waals surface area (Å²) in [7, 11) is 2.96. The summed E-state index contributed by atoms with van der Waals surface area (Å²) in [4.78, 5) is 25.5. The molecule has 0 heterocycles. The van der Waals surface area contributed by atoms with Crippen LogP contribution < -0.4 is 5.32 Å². The number of ether oxygens (including phenoxy) is 1. The van der Waals surface area contributed by atoms with E-state index in [-0.39, 0.29) is 12.2 Å². The first-order valence-electron chi connectivity index (χ1n) is 8.62. The minimum Gasteiger partial charge on any atom is -0.448 e. The van der Waals surface area contributed by atoms with Crippen LogP contribution in [0.4, 0.5) is 22.4 Å². The van der Waals surface area contributed by atoms with Gasteiger partial charge in [0.25, 0.3) is 0 Å². The van der Waals surface area contributed by atoms with Crippen molar-refractivity contribution in [2.45, 2.75) is 18.6 Å². The quantitative estimate of drug-likeness (QED) is 0.732. The predicted molar refractivity (Wildman–Crippen MR) is 97.5 cm³/mol. The zero-order valence-electron chi connectivity index (χ0n) is 15.8. The van der Waals surface area contributed by atoms with E-state index in [0.29, 0.717) is 23.8 Å². The van der Waals surface area contributed by atoms with Crippen LogP contribution in [0.15, 0.2) is 48.5 Å². The molecule has 0 aliphatic carbocycles. The van der Waals surface area contributed by atoms with E-state index in [1.807, 2.05) is 0 Å². The standard InChI is InChI=1S/C20H20F4N2O3/c1-26(2)19(28)29-12-16(13-6-4-3-5-7-13)18(27)25-11-14-10-15(20(22,23)24)8-9-17(14)21/h3-10,16H,11-12H2,1-2H3,(H,25,27)/t16-/m0/s1. The Kier molecular flexibility index (Phi) is 7.19. The molecule has 2 aromatic carbocycles. The molecule has 0 radical (unpaired) electrons. The molecule has 0 spiro atoms. The minimum atomic E-state index is -4.63. The third kappa shape index (κ3) is 6.20. The molecule has 0 aliphatic rings. The number of alkyl halides is 3. The molecule has 0 bridgehead atoms. The van der Waals surface area contributed by atoms with Crippen molar-refractivity contribution in [1.82, 2.24) is 10.2 Å². The van der Waals surface area contributed by atoms with Crippen LogP contribution in [0.5, 0.6) is 0 Å². The lowest BCUT2D eigenvalue weighted by molar-refractivity contribution is -0.137. The molecule has 2 aromatic rings. The van der Waals surface area contributed by atoms with Gasteiger partial charge in [0.2, 0.25) is 5.91 Å². The van der Waals surface area contributed by atoms with Crippen molar-refractivity contribution in [2.24, 2.45) is 0 Å². The fourth-order valence-electron chi connectivity index (χ4n) is 2.48. The highest BCUT2D eigenvalue weighted by molar-refractivity contribution is 5.84. The van der Waals surface area contributed by atoms with Crippen LogP contribution in [0.25, 0.3) is 0 Å². The molecule has 29 heavy (non-hydrogen) atoms. The Morgan fingerprint density at radius 1 is 1.10 bits per heavy atom. The van der Waals surface area contributed by atoms with Crippen LogP contribution in [0.1, 0.15) is 22.6 Å². The molecular weight excluding hydrogens is 392 g/mol. The van der Waals surface area contributed by atoms with E-state index in [2.05, 4.69) is 5.32 Å². The first-order chi connectivity index (χ1) is 13.6. The lowest BCUT2D eigenvalue weighted by Crippen LogP contribution is -2.34. The number of carbonyl (C=O) groups is 2. The number of rotatable bonds is 6. The number of halogens is 4. The Hall–Kier alpha value is -3.10. The van der Waals surface area contributed by atoms with Gasteiger partial charge in [0.05, 0.1) is 11.5 Å². The Balaban J connectivity index is 2.15. The van der Waals surface area contributed by atoms with E-state index >= 15 is 0 Å². The monoisotopic (exact) mass is 412 g/mol. The van der Waals surface area contributed by atoms with E-state index in [0.717, 1.165) is 0 Å². The summed E-state index contributed by atoms with van der Waals surface area (Å²) < 4.78 is 57.4. The van der Waals surface area contributed by atoms with Gasteiger partial charge in [0, 0.05) is 26.2 Å². The van der Waals surface area contributed by atoms with Crippen molar-refractivity contribution in [3.05, 3.63) is 71.0 Å². The molecule has 0 saturated carbocycles. The maximum atomic E-state index is 13.9. The first kappa shape index (κ1) is 22.2. The van der Waals surface area contributed by atoms with Crippen molar-refractivity contribution in [2.75, 3.05) is 20.7 Å². The Morgan fingerprint density at radius 2 is 1.76 bits per heavy atom. The molecule has 5 nitrogen and oxygen atoms in total. The molecule has 1 atom stereocenters. The van der Waals surface area contributed by atoms with Crippen LogP contribution >= 0.6 is 0 Å². The highest BCUT2D eigenvalue weighted by atomic mass is 19.4. The van der Waals surface area contributed by atoms with Crippen molar-refractivity contribution >= 4 is 12.0 Å². The lowest BCUT2D eigenvalue weighted by Gasteiger charge is -2.19. The fourth-order valence-corrected chi connectivity index (χ4v) is 2.48. The summed E-state index contributed by atoms with van der Waals surface area (Å²) in [6, 6.07) is 10.4. The van der Waals surface area contributed by atoms with E-state index in [1.54, 1.807) is 30.3 Å². The van der Waals surface area contributed by atoms with Crippen LogP contribution in [0, 0.1) is 5.82 Å². The van der Waals surface area contributed by atoms with Crippen LogP contribution in [-0.4, -0.2) is 37.6 Å².